The van der Waals surface area contributed by atoms with Gasteiger partial charge in [0.1, 0.15) is 0 Å². The van der Waals surface area contributed by atoms with E-state index in [0.29, 0.717) is 12.1 Å². The van der Waals surface area contributed by atoms with Gasteiger partial charge in [-0.2, -0.15) is 26.3 Å². The second-order valence-corrected chi connectivity index (χ2v) is 4.14. The summed E-state index contributed by atoms with van der Waals surface area (Å²) in [5, 5.41) is 8.26. The molecule has 0 saturated carbocycles. The van der Waals surface area contributed by atoms with Gasteiger partial charge in [-0.25, -0.2) is 9.59 Å². The average Bonchev–Trinajstić information content (AvgIpc) is 2.40. The van der Waals surface area contributed by atoms with Crippen molar-refractivity contribution in [2.45, 2.75) is 18.0 Å². The Labute approximate surface area is 125 Å². The van der Waals surface area contributed by atoms with E-state index < -0.39 is 35.5 Å². The lowest BCUT2D eigenvalue weighted by Gasteiger charge is -2.36. The van der Waals surface area contributed by atoms with Gasteiger partial charge in [0.15, 0.2) is 0 Å². The summed E-state index contributed by atoms with van der Waals surface area (Å²) in [7, 11) is 0. The van der Waals surface area contributed by atoms with Gasteiger partial charge in [-0.3, -0.25) is 0 Å². The third-order valence-corrected chi connectivity index (χ3v) is 2.59. The first-order valence-corrected chi connectivity index (χ1v) is 5.75. The fourth-order valence-corrected chi connectivity index (χ4v) is 1.66. The molecule has 1 rings (SSSR count). The van der Waals surface area contributed by atoms with Gasteiger partial charge in [0, 0.05) is 17.7 Å². The molecule has 0 radical (unpaired) electrons. The third kappa shape index (κ3) is 3.82. The van der Waals surface area contributed by atoms with Crippen molar-refractivity contribution in [3.63, 3.8) is 0 Å². The molecule has 4 nitrogen and oxygen atoms in total. The lowest BCUT2D eigenvalue weighted by Crippen LogP contribution is -2.56. The number of alkyl halides is 6. The molecule has 0 aliphatic carbocycles. The molecule has 1 aromatic rings. The van der Waals surface area contributed by atoms with Crippen molar-refractivity contribution in [1.82, 2.24) is 0 Å². The maximum absolute atomic E-state index is 13.2. The van der Waals surface area contributed by atoms with E-state index in [1.807, 2.05) is 0 Å². The number of benzene rings is 1. The summed E-state index contributed by atoms with van der Waals surface area (Å²) in [5.74, 6) is -3.85. The van der Waals surface area contributed by atoms with Gasteiger partial charge >= 0.3 is 29.9 Å². The number of hydrogen-bond donors (Lipinski definition) is 1. The van der Waals surface area contributed by atoms with Gasteiger partial charge < -0.3 is 9.84 Å². The number of hydrogen-bond acceptors (Lipinski definition) is 3. The summed E-state index contributed by atoms with van der Waals surface area (Å²) in [5.41, 5.74) is -6.28. The Hall–Kier alpha value is -2.52. The van der Waals surface area contributed by atoms with Crippen LogP contribution in [0.15, 0.2) is 42.5 Å². The topological polar surface area (TPSA) is 63.6 Å². The second kappa shape index (κ2) is 6.31. The lowest BCUT2D eigenvalue weighted by molar-refractivity contribution is -0.376. The quantitative estimate of drug-likeness (QED) is 0.519. The minimum atomic E-state index is -6.03. The van der Waals surface area contributed by atoms with E-state index >= 15 is 0 Å². The van der Waals surface area contributed by atoms with Gasteiger partial charge in [-0.1, -0.05) is 30.3 Å². The normalized spacial score (nSPS) is 13.1. The molecule has 0 atom stereocenters. The Morgan fingerprint density at radius 2 is 1.39 bits per heavy atom. The minimum Gasteiger partial charge on any atom is -0.478 e. The maximum atomic E-state index is 13.2. The van der Waals surface area contributed by atoms with Crippen molar-refractivity contribution < 1.29 is 45.8 Å². The molecule has 0 saturated heterocycles. The molecule has 0 aliphatic rings. The molecular weight excluding hydrogens is 334 g/mol. The summed E-state index contributed by atoms with van der Waals surface area (Å²) in [4.78, 5) is 21.5. The molecule has 0 aliphatic heterocycles. The SMILES string of the molecule is O=C(O)/C=C/C(=O)OC(c1ccccc1)(C(F)(F)F)C(F)(F)F. The van der Waals surface area contributed by atoms with Crippen molar-refractivity contribution in [2.24, 2.45) is 0 Å². The maximum Gasteiger partial charge on any atom is 0.442 e. The molecule has 0 heterocycles. The van der Waals surface area contributed by atoms with Crippen molar-refractivity contribution in [1.29, 1.82) is 0 Å². The molecule has 1 N–H and O–H groups in total. The molecule has 0 aromatic heterocycles. The van der Waals surface area contributed by atoms with Crippen molar-refractivity contribution in [2.75, 3.05) is 0 Å². The second-order valence-electron chi connectivity index (χ2n) is 4.14. The highest BCUT2D eigenvalue weighted by molar-refractivity contribution is 5.91. The highest BCUT2D eigenvalue weighted by Crippen LogP contribution is 2.52. The van der Waals surface area contributed by atoms with Gasteiger partial charge in [-0.05, 0) is 0 Å². The van der Waals surface area contributed by atoms with E-state index in [1.54, 1.807) is 0 Å². The highest BCUT2D eigenvalue weighted by atomic mass is 19.4. The zero-order chi connectivity index (χ0) is 17.9. The fourth-order valence-electron chi connectivity index (χ4n) is 1.66. The Bertz CT molecular complexity index is 589. The Balaban J connectivity index is 3.48. The molecule has 0 bridgehead atoms. The van der Waals surface area contributed by atoms with E-state index in [-0.39, 0.29) is 12.2 Å². The number of aliphatic carboxylic acids is 1. The largest absolute Gasteiger partial charge is 0.478 e. The molecule has 0 spiro atoms. The zero-order valence-corrected chi connectivity index (χ0v) is 11.0. The predicted octanol–water partition coefficient (Wildman–Crippen LogP) is 3.19. The van der Waals surface area contributed by atoms with Crippen LogP contribution in [0.3, 0.4) is 0 Å². The van der Waals surface area contributed by atoms with Crippen LogP contribution in [0.5, 0.6) is 0 Å². The number of carboxylic acids is 1. The zero-order valence-electron chi connectivity index (χ0n) is 11.0. The Morgan fingerprint density at radius 3 is 1.78 bits per heavy atom. The number of carboxylic acid groups (broad SMARTS) is 1. The van der Waals surface area contributed by atoms with Crippen LogP contribution in [0.1, 0.15) is 5.56 Å². The molecular formula is C13H8F6O4. The first kappa shape index (κ1) is 18.5. The predicted molar refractivity (Wildman–Crippen MR) is 63.1 cm³/mol. The molecule has 0 fully saturated rings. The van der Waals surface area contributed by atoms with E-state index in [0.717, 1.165) is 12.1 Å². The number of esters is 1. The first-order chi connectivity index (χ1) is 10.4. The fraction of sp³-hybridized carbons (Fsp3) is 0.231. The van der Waals surface area contributed by atoms with E-state index in [4.69, 9.17) is 5.11 Å². The van der Waals surface area contributed by atoms with Gasteiger partial charge in [0.2, 0.25) is 0 Å². The van der Waals surface area contributed by atoms with Crippen molar-refractivity contribution >= 4 is 11.9 Å². The van der Waals surface area contributed by atoms with E-state index in [2.05, 4.69) is 4.74 Å². The van der Waals surface area contributed by atoms with Crippen LogP contribution in [0, 0.1) is 0 Å². The Kier molecular flexibility index (Phi) is 5.08. The van der Waals surface area contributed by atoms with Crippen LogP contribution in [0.2, 0.25) is 0 Å². The smallest absolute Gasteiger partial charge is 0.442 e. The van der Waals surface area contributed by atoms with Crippen LogP contribution in [-0.4, -0.2) is 29.4 Å². The summed E-state index contributed by atoms with van der Waals surface area (Å²) < 4.78 is 82.7. The van der Waals surface area contributed by atoms with Gasteiger partial charge in [0.05, 0.1) is 0 Å². The minimum absolute atomic E-state index is 0.0441. The number of carbonyl (C=O) groups is 2. The molecule has 126 valence electrons. The molecule has 10 heteroatoms. The van der Waals surface area contributed by atoms with Crippen molar-refractivity contribution in [3.05, 3.63) is 48.0 Å². The van der Waals surface area contributed by atoms with Crippen molar-refractivity contribution in [3.8, 4) is 0 Å². The van der Waals surface area contributed by atoms with Crippen LogP contribution in [-0.2, 0) is 19.9 Å². The summed E-state index contributed by atoms with van der Waals surface area (Å²) in [6.45, 7) is 0. The lowest BCUT2D eigenvalue weighted by atomic mass is 9.92. The number of rotatable bonds is 4. The first-order valence-electron chi connectivity index (χ1n) is 5.75. The average molecular weight is 342 g/mol. The summed E-state index contributed by atoms with van der Waals surface area (Å²) >= 11 is 0. The van der Waals surface area contributed by atoms with E-state index in [1.165, 1.54) is 6.07 Å². The highest BCUT2D eigenvalue weighted by Gasteiger charge is 2.75. The van der Waals surface area contributed by atoms with Crippen LogP contribution >= 0.6 is 0 Å². The van der Waals surface area contributed by atoms with E-state index in [9.17, 15) is 35.9 Å². The number of ether oxygens (including phenoxy) is 1. The van der Waals surface area contributed by atoms with Gasteiger partial charge in [-0.15, -0.1) is 0 Å². The third-order valence-electron chi connectivity index (χ3n) is 2.59. The van der Waals surface area contributed by atoms with Gasteiger partial charge in [0.25, 0.3) is 0 Å². The summed E-state index contributed by atoms with van der Waals surface area (Å²) in [6, 6.07) is 3.97. The van der Waals surface area contributed by atoms with Crippen LogP contribution < -0.4 is 0 Å². The number of halogens is 6. The molecule has 1 aromatic carbocycles. The standard InChI is InChI=1S/C13H8F6O4/c14-12(15,16)11(13(17,18)19,8-4-2-1-3-5-8)23-10(22)7-6-9(20)21/h1-7H,(H,20,21)/b7-6+. The molecule has 0 unspecified atom stereocenters. The Morgan fingerprint density at radius 1 is 0.913 bits per heavy atom. The molecule has 0 amide bonds. The number of carbonyl (C=O) groups excluding carboxylic acids is 1. The van der Waals surface area contributed by atoms with Crippen LogP contribution in [0.25, 0.3) is 0 Å². The van der Waals surface area contributed by atoms with Crippen LogP contribution in [0.4, 0.5) is 26.3 Å². The monoisotopic (exact) mass is 342 g/mol. The summed E-state index contributed by atoms with van der Waals surface area (Å²) in [6.07, 6.45) is -12.0. The molecule has 23 heavy (non-hydrogen) atoms.